The third kappa shape index (κ3) is 8.04. The molecule has 8 heteroatoms. The highest BCUT2D eigenvalue weighted by Gasteiger charge is 2.19. The first-order valence-electron chi connectivity index (χ1n) is 11.3. The van der Waals surface area contributed by atoms with Crippen LogP contribution in [0.25, 0.3) is 17.3 Å². The summed E-state index contributed by atoms with van der Waals surface area (Å²) in [7, 11) is 1.87. The predicted molar refractivity (Wildman–Crippen MR) is 138 cm³/mol. The number of rotatable bonds is 13. The van der Waals surface area contributed by atoms with Gasteiger partial charge in [-0.1, -0.05) is 44.0 Å². The highest BCUT2D eigenvalue weighted by atomic mass is 32.2. The number of aromatic nitrogens is 2. The summed E-state index contributed by atoms with van der Waals surface area (Å²) < 4.78 is 15.4. The fourth-order valence-corrected chi connectivity index (χ4v) is 3.65. The van der Waals surface area contributed by atoms with Crippen molar-refractivity contribution in [1.29, 1.82) is 0 Å². The Morgan fingerprint density at radius 3 is 2.50 bits per heavy atom. The van der Waals surface area contributed by atoms with Gasteiger partial charge in [-0.05, 0) is 36.6 Å². The number of ketones is 1. The lowest BCUT2D eigenvalue weighted by atomic mass is 9.97. The molecule has 0 radical (unpaired) electrons. The normalized spacial score (nSPS) is 13.3. The van der Waals surface area contributed by atoms with Gasteiger partial charge in [0.1, 0.15) is 11.6 Å². The van der Waals surface area contributed by atoms with Crippen LogP contribution in [0.5, 0.6) is 0 Å². The summed E-state index contributed by atoms with van der Waals surface area (Å²) in [5.41, 5.74) is 2.85. The fourth-order valence-electron chi connectivity index (χ4n) is 3.41. The molecule has 6 nitrogen and oxygen atoms in total. The molecule has 1 heterocycles. The zero-order valence-corrected chi connectivity index (χ0v) is 21.1. The lowest BCUT2D eigenvalue weighted by molar-refractivity contribution is -0.121. The molecule has 0 aliphatic rings. The molecule has 0 aliphatic carbocycles. The van der Waals surface area contributed by atoms with Crippen LogP contribution in [0.1, 0.15) is 56.7 Å². The number of aliphatic hydroxyl groups excluding tert-OH is 2. The Morgan fingerprint density at radius 1 is 1.24 bits per heavy atom. The van der Waals surface area contributed by atoms with Crippen LogP contribution in [0.15, 0.2) is 43.0 Å². The summed E-state index contributed by atoms with van der Waals surface area (Å²) in [4.78, 5) is 21.3. The molecular formula is C26H34FN3O3S. The van der Waals surface area contributed by atoms with Crippen LogP contribution in [0.4, 0.5) is 10.3 Å². The molecule has 0 fully saturated rings. The maximum Gasteiger partial charge on any atom is 0.236 e. The maximum absolute atomic E-state index is 13.6. The van der Waals surface area contributed by atoms with Crippen molar-refractivity contribution >= 4 is 29.8 Å². The first-order chi connectivity index (χ1) is 16.2. The van der Waals surface area contributed by atoms with Crippen molar-refractivity contribution in [2.24, 2.45) is 0 Å². The SMILES string of the molecule is C=CCCC(=O)CC(O)CC(O)/C=C/c1c(-c2ccc(F)cc2)nc(N(C)SC)nc1C(C)C. The van der Waals surface area contributed by atoms with Crippen LogP contribution in [0, 0.1) is 5.82 Å². The molecule has 2 N–H and O–H groups in total. The monoisotopic (exact) mass is 487 g/mol. The van der Waals surface area contributed by atoms with Gasteiger partial charge >= 0.3 is 0 Å². The Kier molecular flexibility index (Phi) is 10.9. The van der Waals surface area contributed by atoms with E-state index < -0.39 is 12.2 Å². The van der Waals surface area contributed by atoms with Crippen molar-refractivity contribution in [1.82, 2.24) is 9.97 Å². The van der Waals surface area contributed by atoms with Gasteiger partial charge in [0.05, 0.1) is 23.6 Å². The summed E-state index contributed by atoms with van der Waals surface area (Å²) in [6.45, 7) is 7.63. The van der Waals surface area contributed by atoms with Gasteiger partial charge in [0.2, 0.25) is 5.95 Å². The minimum atomic E-state index is -0.961. The van der Waals surface area contributed by atoms with E-state index in [1.807, 2.05) is 31.5 Å². The number of aliphatic hydroxyl groups is 2. The largest absolute Gasteiger partial charge is 0.393 e. The second-order valence-electron chi connectivity index (χ2n) is 8.40. The molecule has 34 heavy (non-hydrogen) atoms. The number of anilines is 1. The van der Waals surface area contributed by atoms with Crippen molar-refractivity contribution in [2.45, 2.75) is 57.7 Å². The van der Waals surface area contributed by atoms with Crippen molar-refractivity contribution in [3.8, 4) is 11.3 Å². The summed E-state index contributed by atoms with van der Waals surface area (Å²) in [5, 5.41) is 20.7. The Balaban J connectivity index is 2.38. The highest BCUT2D eigenvalue weighted by Crippen LogP contribution is 2.32. The number of hydrogen-bond donors (Lipinski definition) is 2. The molecule has 0 spiro atoms. The molecule has 1 aromatic carbocycles. The van der Waals surface area contributed by atoms with Gasteiger partial charge in [-0.3, -0.25) is 9.10 Å². The number of benzene rings is 1. The third-order valence-corrected chi connectivity index (χ3v) is 5.98. The van der Waals surface area contributed by atoms with E-state index in [-0.39, 0.29) is 30.4 Å². The number of nitrogens with zero attached hydrogens (tertiary/aromatic N) is 3. The van der Waals surface area contributed by atoms with Gasteiger partial charge in [-0.25, -0.2) is 14.4 Å². The Morgan fingerprint density at radius 2 is 1.91 bits per heavy atom. The van der Waals surface area contributed by atoms with E-state index >= 15 is 0 Å². The topological polar surface area (TPSA) is 86.5 Å². The fraction of sp³-hybridized carbons (Fsp3) is 0.423. The number of hydrogen-bond acceptors (Lipinski definition) is 7. The van der Waals surface area contributed by atoms with Gasteiger partial charge in [0.15, 0.2) is 0 Å². The molecule has 2 aromatic rings. The third-order valence-electron chi connectivity index (χ3n) is 5.27. The number of allylic oxidation sites excluding steroid dienone is 1. The number of Topliss-reactive ketones (excluding diaryl/α,β-unsaturated/α-hetero) is 1. The van der Waals surface area contributed by atoms with E-state index in [4.69, 9.17) is 9.97 Å². The molecule has 2 atom stereocenters. The van der Waals surface area contributed by atoms with Crippen LogP contribution in [-0.4, -0.2) is 51.5 Å². The summed E-state index contributed by atoms with van der Waals surface area (Å²) >= 11 is 1.47. The van der Waals surface area contributed by atoms with Crippen LogP contribution < -0.4 is 4.31 Å². The Bertz CT molecular complexity index is 996. The minimum Gasteiger partial charge on any atom is -0.393 e. The zero-order chi connectivity index (χ0) is 25.3. The molecule has 2 unspecified atom stereocenters. The Labute approximate surface area is 205 Å². The van der Waals surface area contributed by atoms with E-state index in [0.717, 1.165) is 16.8 Å². The summed E-state index contributed by atoms with van der Waals surface area (Å²) in [5.74, 6) is 0.182. The van der Waals surface area contributed by atoms with Gasteiger partial charge in [0.25, 0.3) is 0 Å². The van der Waals surface area contributed by atoms with Crippen molar-refractivity contribution in [3.05, 3.63) is 60.1 Å². The lowest BCUT2D eigenvalue weighted by Gasteiger charge is -2.20. The lowest BCUT2D eigenvalue weighted by Crippen LogP contribution is -2.19. The summed E-state index contributed by atoms with van der Waals surface area (Å²) in [6.07, 6.45) is 5.94. The molecule has 0 saturated heterocycles. The zero-order valence-electron chi connectivity index (χ0n) is 20.2. The number of carbonyl (C=O) groups is 1. The van der Waals surface area contributed by atoms with E-state index in [1.165, 1.54) is 24.1 Å². The summed E-state index contributed by atoms with van der Waals surface area (Å²) in [6, 6.07) is 6.09. The average Bonchev–Trinajstić information content (AvgIpc) is 2.80. The van der Waals surface area contributed by atoms with E-state index in [0.29, 0.717) is 24.5 Å². The van der Waals surface area contributed by atoms with Crippen molar-refractivity contribution in [3.63, 3.8) is 0 Å². The number of halogens is 1. The Hall–Kier alpha value is -2.55. The number of carbonyl (C=O) groups excluding carboxylic acids is 1. The first-order valence-corrected chi connectivity index (χ1v) is 12.5. The van der Waals surface area contributed by atoms with Crippen molar-refractivity contribution in [2.75, 3.05) is 17.6 Å². The molecule has 184 valence electrons. The molecule has 0 saturated carbocycles. The van der Waals surface area contributed by atoms with Gasteiger partial charge < -0.3 is 10.2 Å². The van der Waals surface area contributed by atoms with Crippen LogP contribution in [0.2, 0.25) is 0 Å². The maximum atomic E-state index is 13.6. The quantitative estimate of drug-likeness (QED) is 0.298. The van der Waals surface area contributed by atoms with Crippen LogP contribution >= 0.6 is 11.9 Å². The highest BCUT2D eigenvalue weighted by molar-refractivity contribution is 7.99. The molecule has 0 amide bonds. The molecule has 2 rings (SSSR count). The van der Waals surface area contributed by atoms with Crippen LogP contribution in [-0.2, 0) is 4.79 Å². The van der Waals surface area contributed by atoms with Gasteiger partial charge in [-0.15, -0.1) is 6.58 Å². The molecular weight excluding hydrogens is 453 g/mol. The smallest absolute Gasteiger partial charge is 0.236 e. The van der Waals surface area contributed by atoms with Crippen LogP contribution in [0.3, 0.4) is 0 Å². The van der Waals surface area contributed by atoms with Gasteiger partial charge in [-0.2, -0.15) is 0 Å². The van der Waals surface area contributed by atoms with Gasteiger partial charge in [0, 0.05) is 43.7 Å². The van der Waals surface area contributed by atoms with E-state index in [1.54, 1.807) is 30.4 Å². The van der Waals surface area contributed by atoms with E-state index in [2.05, 4.69) is 6.58 Å². The van der Waals surface area contributed by atoms with E-state index in [9.17, 15) is 19.4 Å². The average molecular weight is 488 g/mol. The molecule has 1 aromatic heterocycles. The molecule has 0 aliphatic heterocycles. The standard InChI is InChI=1S/C26H34FN3O3S/c1-6-7-8-20(31)15-22(33)16-21(32)13-14-23-24(17(2)3)28-26(30(4)34-5)29-25(23)18-9-11-19(27)12-10-18/h6,9-14,17,21-22,32-33H,1,7-8,15-16H2,2-5H3/b14-13+. The first kappa shape index (κ1) is 27.7. The molecule has 0 bridgehead atoms. The van der Waals surface area contributed by atoms with Crippen molar-refractivity contribution < 1.29 is 19.4 Å². The minimum absolute atomic E-state index is 0.00432. The predicted octanol–water partition coefficient (Wildman–Crippen LogP) is 5.17. The second kappa shape index (κ2) is 13.4. The second-order valence-corrected chi connectivity index (χ2v) is 9.31.